The van der Waals surface area contributed by atoms with E-state index in [0.29, 0.717) is 29.9 Å². The number of alkyl carbamates (subject to hydrolysis) is 1. The molecule has 0 aliphatic carbocycles. The summed E-state index contributed by atoms with van der Waals surface area (Å²) in [6, 6.07) is 8.36. The summed E-state index contributed by atoms with van der Waals surface area (Å²) in [4.78, 5) is 54.4. The minimum absolute atomic E-state index is 0.0291. The fourth-order valence-electron chi connectivity index (χ4n) is 4.24. The topological polar surface area (TPSA) is 105 Å². The van der Waals surface area contributed by atoms with Crippen LogP contribution in [0.15, 0.2) is 53.3 Å². The SMILES string of the molecule is C#CCN1CC/C(=C\C2=C(C(=O)OCc3ccccc3)N3C(=O)[C@@H](NC(=O)OC(C)(C)C)[C@H]3SC2)C1=O. The number of terminal acetylenes is 1. The van der Waals surface area contributed by atoms with E-state index in [1.54, 1.807) is 31.7 Å². The lowest BCUT2D eigenvalue weighted by atomic mass is 10.0. The van der Waals surface area contributed by atoms with Gasteiger partial charge in [0.05, 0.1) is 6.54 Å². The number of allylic oxidation sites excluding steroid dienone is 1. The summed E-state index contributed by atoms with van der Waals surface area (Å²) in [5.74, 6) is 1.52. The number of nitrogens with one attached hydrogen (secondary N) is 1. The molecule has 3 amide bonds. The number of thioether (sulfide) groups is 1. The zero-order chi connectivity index (χ0) is 26.7. The van der Waals surface area contributed by atoms with Gasteiger partial charge in [0, 0.05) is 17.9 Å². The van der Waals surface area contributed by atoms with Crippen LogP contribution in [0.1, 0.15) is 32.8 Å². The van der Waals surface area contributed by atoms with Crippen molar-refractivity contribution in [3.8, 4) is 12.3 Å². The first-order valence-corrected chi connectivity index (χ1v) is 13.0. The Morgan fingerprint density at radius 2 is 1.97 bits per heavy atom. The molecule has 2 saturated heterocycles. The van der Waals surface area contributed by atoms with Crippen LogP contribution in [0.25, 0.3) is 0 Å². The number of likely N-dealkylation sites (tertiary alicyclic amines) is 1. The van der Waals surface area contributed by atoms with Crippen LogP contribution in [0.5, 0.6) is 0 Å². The average molecular weight is 524 g/mol. The second-order valence-electron chi connectivity index (χ2n) is 9.82. The lowest BCUT2D eigenvalue weighted by Gasteiger charge is -2.49. The Hall–Kier alpha value is -3.71. The molecule has 0 bridgehead atoms. The van der Waals surface area contributed by atoms with Crippen molar-refractivity contribution < 1.29 is 28.7 Å². The van der Waals surface area contributed by atoms with Gasteiger partial charge in [-0.25, -0.2) is 9.59 Å². The van der Waals surface area contributed by atoms with E-state index < -0.39 is 35.0 Å². The number of esters is 1. The summed E-state index contributed by atoms with van der Waals surface area (Å²) < 4.78 is 10.9. The van der Waals surface area contributed by atoms with Gasteiger partial charge in [-0.1, -0.05) is 36.3 Å². The molecule has 2 atom stereocenters. The lowest BCUT2D eigenvalue weighted by Crippen LogP contribution is -2.70. The number of hydrogen-bond donors (Lipinski definition) is 1. The first-order valence-electron chi connectivity index (χ1n) is 11.9. The zero-order valence-corrected chi connectivity index (χ0v) is 21.8. The summed E-state index contributed by atoms with van der Waals surface area (Å²) in [5, 5.41) is 2.11. The maximum atomic E-state index is 13.3. The van der Waals surface area contributed by atoms with Crippen LogP contribution in [-0.4, -0.2) is 69.5 Å². The van der Waals surface area contributed by atoms with Crippen molar-refractivity contribution in [1.82, 2.24) is 15.1 Å². The van der Waals surface area contributed by atoms with Gasteiger partial charge in [-0.05, 0) is 44.4 Å². The largest absolute Gasteiger partial charge is 0.456 e. The van der Waals surface area contributed by atoms with Gasteiger partial charge < -0.3 is 19.7 Å². The van der Waals surface area contributed by atoms with Crippen molar-refractivity contribution in [3.63, 3.8) is 0 Å². The van der Waals surface area contributed by atoms with Crippen molar-refractivity contribution in [2.75, 3.05) is 18.8 Å². The molecule has 10 heteroatoms. The van der Waals surface area contributed by atoms with E-state index >= 15 is 0 Å². The molecule has 194 valence electrons. The zero-order valence-electron chi connectivity index (χ0n) is 21.0. The maximum Gasteiger partial charge on any atom is 0.408 e. The number of hydrogen-bond acceptors (Lipinski definition) is 7. The van der Waals surface area contributed by atoms with Gasteiger partial charge in [-0.3, -0.25) is 14.5 Å². The van der Waals surface area contributed by atoms with E-state index in [1.165, 1.54) is 16.7 Å². The van der Waals surface area contributed by atoms with Crippen LogP contribution in [-0.2, 0) is 30.5 Å². The van der Waals surface area contributed by atoms with Gasteiger partial charge in [0.25, 0.3) is 11.8 Å². The van der Waals surface area contributed by atoms with Crippen molar-refractivity contribution in [1.29, 1.82) is 0 Å². The Morgan fingerprint density at radius 3 is 2.65 bits per heavy atom. The van der Waals surface area contributed by atoms with Crippen LogP contribution >= 0.6 is 11.8 Å². The Morgan fingerprint density at radius 1 is 1.24 bits per heavy atom. The summed E-state index contributed by atoms with van der Waals surface area (Å²) in [7, 11) is 0. The van der Waals surface area contributed by atoms with E-state index in [-0.39, 0.29) is 24.8 Å². The van der Waals surface area contributed by atoms with Gasteiger partial charge in [-0.15, -0.1) is 18.2 Å². The summed E-state index contributed by atoms with van der Waals surface area (Å²) >= 11 is 1.39. The molecule has 0 unspecified atom stereocenters. The Balaban J connectivity index is 1.59. The van der Waals surface area contributed by atoms with Crippen LogP contribution in [0, 0.1) is 12.3 Å². The molecule has 1 aromatic rings. The Bertz CT molecular complexity index is 1210. The predicted molar refractivity (Wildman–Crippen MR) is 138 cm³/mol. The fourth-order valence-corrected chi connectivity index (χ4v) is 5.55. The molecular weight excluding hydrogens is 494 g/mol. The van der Waals surface area contributed by atoms with Crippen LogP contribution < -0.4 is 5.32 Å². The summed E-state index contributed by atoms with van der Waals surface area (Å²) in [6.07, 6.45) is 6.81. The van der Waals surface area contributed by atoms with E-state index in [2.05, 4.69) is 11.2 Å². The number of ether oxygens (including phenoxy) is 2. The van der Waals surface area contributed by atoms with Crippen molar-refractivity contribution in [2.24, 2.45) is 0 Å². The minimum Gasteiger partial charge on any atom is -0.456 e. The van der Waals surface area contributed by atoms with Crippen LogP contribution in [0.3, 0.4) is 0 Å². The minimum atomic E-state index is -0.842. The smallest absolute Gasteiger partial charge is 0.408 e. The number of fused-ring (bicyclic) bond motifs is 1. The molecule has 3 aliphatic rings. The molecule has 0 aromatic heterocycles. The molecule has 1 N–H and O–H groups in total. The van der Waals surface area contributed by atoms with Crippen molar-refractivity contribution in [3.05, 3.63) is 58.8 Å². The average Bonchev–Trinajstić information content (AvgIpc) is 3.19. The van der Waals surface area contributed by atoms with Gasteiger partial charge in [0.1, 0.15) is 29.3 Å². The second-order valence-corrected chi connectivity index (χ2v) is 10.9. The quantitative estimate of drug-likeness (QED) is 0.264. The van der Waals surface area contributed by atoms with E-state index in [9.17, 15) is 19.2 Å². The second kappa shape index (κ2) is 10.7. The predicted octanol–water partition coefficient (Wildman–Crippen LogP) is 2.58. The number of benzene rings is 1. The molecule has 9 nitrogen and oxygen atoms in total. The molecule has 3 aliphatic heterocycles. The molecule has 2 fully saturated rings. The monoisotopic (exact) mass is 523 g/mol. The van der Waals surface area contributed by atoms with E-state index in [0.717, 1.165) is 5.56 Å². The number of β-lactam (4-membered cyclic amide) rings is 1. The standard InChI is InChI=1S/C27H29N3O6S/c1-5-12-29-13-11-18(22(29)31)14-19-16-37-24-20(28-26(34)36-27(2,3)4)23(32)30(24)21(19)25(33)35-15-17-9-7-6-8-10-17/h1,6-10,14,20,24H,11-13,15-16H2,2-4H3,(H,28,34)/b18-14+/t20-,24-/m1/s1. The van der Waals surface area contributed by atoms with Gasteiger partial charge in [0.2, 0.25) is 0 Å². The lowest BCUT2D eigenvalue weighted by molar-refractivity contribution is -0.152. The van der Waals surface area contributed by atoms with Crippen LogP contribution in [0.4, 0.5) is 4.79 Å². The van der Waals surface area contributed by atoms with Crippen LogP contribution in [0.2, 0.25) is 0 Å². The Kier molecular flexibility index (Phi) is 7.64. The molecule has 0 spiro atoms. The van der Waals surface area contributed by atoms with Gasteiger partial charge >= 0.3 is 12.1 Å². The highest BCUT2D eigenvalue weighted by atomic mass is 32.2. The summed E-state index contributed by atoms with van der Waals surface area (Å²) in [5.41, 5.74) is 1.21. The number of carbonyl (C=O) groups excluding carboxylic acids is 4. The summed E-state index contributed by atoms with van der Waals surface area (Å²) in [6.45, 7) is 5.93. The van der Waals surface area contributed by atoms with Gasteiger partial charge in [-0.2, -0.15) is 0 Å². The van der Waals surface area contributed by atoms with E-state index in [1.807, 2.05) is 30.3 Å². The van der Waals surface area contributed by atoms with Crippen molar-refractivity contribution >= 4 is 35.6 Å². The first kappa shape index (κ1) is 26.4. The van der Waals surface area contributed by atoms with Crippen molar-refractivity contribution in [2.45, 2.75) is 50.8 Å². The highest BCUT2D eigenvalue weighted by molar-refractivity contribution is 8.00. The third kappa shape index (κ3) is 5.83. The normalized spacial score (nSPS) is 22.4. The molecule has 4 rings (SSSR count). The van der Waals surface area contributed by atoms with Gasteiger partial charge in [0.15, 0.2) is 0 Å². The maximum absolute atomic E-state index is 13.3. The molecule has 0 radical (unpaired) electrons. The Labute approximate surface area is 220 Å². The third-order valence-corrected chi connectivity index (χ3v) is 7.22. The molecule has 3 heterocycles. The number of carbonyl (C=O) groups is 4. The number of amides is 3. The number of nitrogens with zero attached hydrogens (tertiary/aromatic N) is 2. The molecule has 0 saturated carbocycles. The number of rotatable bonds is 6. The molecule has 1 aromatic carbocycles. The fraction of sp³-hybridized carbons (Fsp3) is 0.407. The molecule has 37 heavy (non-hydrogen) atoms. The highest BCUT2D eigenvalue weighted by Crippen LogP contribution is 2.41. The third-order valence-electron chi connectivity index (χ3n) is 5.92. The van der Waals surface area contributed by atoms with E-state index in [4.69, 9.17) is 15.9 Å². The first-order chi connectivity index (χ1) is 17.6. The molecular formula is C27H29N3O6S. The highest BCUT2D eigenvalue weighted by Gasteiger charge is 2.54.